The van der Waals surface area contributed by atoms with E-state index in [1.54, 1.807) is 20.9 Å². The van der Waals surface area contributed by atoms with Crippen LogP contribution in [-0.2, 0) is 36.3 Å². The van der Waals surface area contributed by atoms with Crippen molar-refractivity contribution in [2.75, 3.05) is 25.9 Å². The maximum atomic E-state index is 12.2. The predicted molar refractivity (Wildman–Crippen MR) is 117 cm³/mol. The molecule has 1 saturated heterocycles. The number of aliphatic imine (C=N–C) groups is 1. The van der Waals surface area contributed by atoms with Crippen LogP contribution in [0.3, 0.4) is 0 Å². The summed E-state index contributed by atoms with van der Waals surface area (Å²) in [5.74, 6) is 0.907. The van der Waals surface area contributed by atoms with Crippen molar-refractivity contribution in [1.29, 1.82) is 0 Å². The third-order valence-electron chi connectivity index (χ3n) is 5.01. The summed E-state index contributed by atoms with van der Waals surface area (Å²) in [6, 6.07) is 0. The highest BCUT2D eigenvalue weighted by atomic mass is 127. The summed E-state index contributed by atoms with van der Waals surface area (Å²) >= 11 is 0. The van der Waals surface area contributed by atoms with E-state index in [9.17, 15) is 8.42 Å². The molecule has 0 spiro atoms. The SMILES string of the molecule is CCc1nn(C)c(CC)c1CNC(=NC)N1CCS(=O)(=O)C(C)(C)C1.I. The Balaban J connectivity index is 0.00000338. The van der Waals surface area contributed by atoms with Crippen LogP contribution in [0.15, 0.2) is 4.99 Å². The summed E-state index contributed by atoms with van der Waals surface area (Å²) in [5, 5.41) is 8.01. The highest BCUT2D eigenvalue weighted by Gasteiger charge is 2.41. The first-order valence-corrected chi connectivity index (χ1v) is 10.5. The quantitative estimate of drug-likeness (QED) is 0.390. The van der Waals surface area contributed by atoms with E-state index in [0.717, 1.165) is 24.5 Å². The number of guanidine groups is 1. The van der Waals surface area contributed by atoms with Gasteiger partial charge in [0, 0.05) is 45.0 Å². The van der Waals surface area contributed by atoms with Gasteiger partial charge in [-0.15, -0.1) is 24.0 Å². The molecule has 26 heavy (non-hydrogen) atoms. The molecular weight excluding hydrogens is 465 g/mol. The number of nitrogens with zero attached hydrogens (tertiary/aromatic N) is 4. The summed E-state index contributed by atoms with van der Waals surface area (Å²) in [6.45, 7) is 9.38. The lowest BCUT2D eigenvalue weighted by molar-refractivity contribution is 0.353. The Hall–Kier alpha value is -0.840. The van der Waals surface area contributed by atoms with Gasteiger partial charge in [-0.05, 0) is 26.7 Å². The molecule has 7 nitrogen and oxygen atoms in total. The maximum Gasteiger partial charge on any atom is 0.193 e. The molecule has 2 rings (SSSR count). The number of hydrogen-bond donors (Lipinski definition) is 1. The fourth-order valence-corrected chi connectivity index (χ4v) is 4.78. The lowest BCUT2D eigenvalue weighted by Gasteiger charge is -2.39. The van der Waals surface area contributed by atoms with Crippen LogP contribution in [0.2, 0.25) is 0 Å². The van der Waals surface area contributed by atoms with Crippen molar-refractivity contribution in [3.8, 4) is 0 Å². The van der Waals surface area contributed by atoms with Crippen molar-refractivity contribution in [3.05, 3.63) is 17.0 Å². The van der Waals surface area contributed by atoms with E-state index >= 15 is 0 Å². The Morgan fingerprint density at radius 1 is 1.31 bits per heavy atom. The average molecular weight is 497 g/mol. The normalized spacial score (nSPS) is 19.2. The highest BCUT2D eigenvalue weighted by Crippen LogP contribution is 2.24. The molecule has 9 heteroatoms. The van der Waals surface area contributed by atoms with E-state index in [1.165, 1.54) is 11.3 Å². The second-order valence-corrected chi connectivity index (χ2v) is 9.85. The van der Waals surface area contributed by atoms with Crippen LogP contribution in [0.4, 0.5) is 0 Å². The zero-order valence-electron chi connectivity index (χ0n) is 16.7. The minimum Gasteiger partial charge on any atom is -0.352 e. The van der Waals surface area contributed by atoms with Crippen molar-refractivity contribution >= 4 is 39.8 Å². The molecule has 0 bridgehead atoms. The van der Waals surface area contributed by atoms with E-state index in [4.69, 9.17) is 0 Å². The molecule has 0 atom stereocenters. The van der Waals surface area contributed by atoms with Crippen molar-refractivity contribution in [2.24, 2.45) is 12.0 Å². The van der Waals surface area contributed by atoms with Crippen LogP contribution in [-0.4, -0.2) is 59.7 Å². The number of aromatic nitrogens is 2. The molecule has 1 N–H and O–H groups in total. The molecule has 0 aromatic carbocycles. The zero-order valence-corrected chi connectivity index (χ0v) is 19.8. The minimum atomic E-state index is -3.06. The number of hydrogen-bond acceptors (Lipinski definition) is 4. The monoisotopic (exact) mass is 497 g/mol. The van der Waals surface area contributed by atoms with Gasteiger partial charge in [-0.2, -0.15) is 5.10 Å². The van der Waals surface area contributed by atoms with Crippen molar-refractivity contribution in [2.45, 2.75) is 51.8 Å². The molecule has 0 amide bonds. The van der Waals surface area contributed by atoms with Gasteiger partial charge >= 0.3 is 0 Å². The van der Waals surface area contributed by atoms with E-state index in [-0.39, 0.29) is 29.7 Å². The Kier molecular flexibility index (Phi) is 7.94. The van der Waals surface area contributed by atoms with Crippen LogP contribution in [0, 0.1) is 0 Å². The third-order valence-corrected chi connectivity index (χ3v) is 7.54. The summed E-state index contributed by atoms with van der Waals surface area (Å²) in [5.41, 5.74) is 3.54. The average Bonchev–Trinajstić information content (AvgIpc) is 2.86. The lowest BCUT2D eigenvalue weighted by atomic mass is 10.1. The van der Waals surface area contributed by atoms with Crippen LogP contribution in [0.5, 0.6) is 0 Å². The van der Waals surface area contributed by atoms with E-state index in [1.807, 2.05) is 16.6 Å². The van der Waals surface area contributed by atoms with Crippen LogP contribution in [0.1, 0.15) is 44.6 Å². The Morgan fingerprint density at radius 3 is 2.46 bits per heavy atom. The molecule has 0 radical (unpaired) electrons. The highest BCUT2D eigenvalue weighted by molar-refractivity contribution is 14.0. The van der Waals surface area contributed by atoms with Crippen molar-refractivity contribution in [1.82, 2.24) is 20.0 Å². The van der Waals surface area contributed by atoms with Crippen LogP contribution < -0.4 is 5.32 Å². The Bertz CT molecular complexity index is 755. The zero-order chi connectivity index (χ0) is 18.8. The fraction of sp³-hybridized carbons (Fsp3) is 0.765. The number of halogens is 1. The summed E-state index contributed by atoms with van der Waals surface area (Å²) in [4.78, 5) is 6.40. The molecule has 0 aliphatic carbocycles. The third kappa shape index (κ3) is 4.52. The molecule has 2 heterocycles. The lowest BCUT2D eigenvalue weighted by Crippen LogP contribution is -2.57. The van der Waals surface area contributed by atoms with Gasteiger partial charge in [0.25, 0.3) is 0 Å². The molecular formula is C17H32IN5O2S. The van der Waals surface area contributed by atoms with Gasteiger partial charge in [0.05, 0.1) is 16.2 Å². The van der Waals surface area contributed by atoms with Gasteiger partial charge in [0.1, 0.15) is 0 Å². The largest absolute Gasteiger partial charge is 0.352 e. The summed E-state index contributed by atoms with van der Waals surface area (Å²) in [6.07, 6.45) is 1.81. The van der Waals surface area contributed by atoms with Gasteiger partial charge in [-0.1, -0.05) is 13.8 Å². The molecule has 1 aromatic rings. The molecule has 1 aromatic heterocycles. The number of rotatable bonds is 4. The molecule has 1 aliphatic heterocycles. The number of sulfone groups is 1. The second kappa shape index (κ2) is 8.90. The van der Waals surface area contributed by atoms with Gasteiger partial charge in [-0.3, -0.25) is 9.67 Å². The van der Waals surface area contributed by atoms with Gasteiger partial charge < -0.3 is 10.2 Å². The Labute approximate surface area is 174 Å². The standard InChI is InChI=1S/C17H31N5O2S.HI/c1-7-14-13(15(8-2)21(6)20-14)11-19-16(18-5)22-9-10-25(23,24)17(3,4)12-22;/h7-12H2,1-6H3,(H,18,19);1H. The maximum absolute atomic E-state index is 12.2. The fourth-order valence-electron chi connectivity index (χ4n) is 3.42. The van der Waals surface area contributed by atoms with E-state index < -0.39 is 14.6 Å². The first kappa shape index (κ1) is 23.2. The van der Waals surface area contributed by atoms with E-state index in [0.29, 0.717) is 19.6 Å². The smallest absolute Gasteiger partial charge is 0.193 e. The minimum absolute atomic E-state index is 0. The molecule has 1 aliphatic rings. The molecule has 0 saturated carbocycles. The van der Waals surface area contributed by atoms with Crippen molar-refractivity contribution in [3.63, 3.8) is 0 Å². The summed E-state index contributed by atoms with van der Waals surface area (Å²) < 4.78 is 25.6. The first-order chi connectivity index (χ1) is 11.7. The van der Waals surface area contributed by atoms with Gasteiger partial charge in [0.2, 0.25) is 0 Å². The molecule has 150 valence electrons. The molecule has 1 fully saturated rings. The number of nitrogens with one attached hydrogen (secondary N) is 1. The Morgan fingerprint density at radius 2 is 1.96 bits per heavy atom. The summed E-state index contributed by atoms with van der Waals surface area (Å²) in [7, 11) is 0.661. The topological polar surface area (TPSA) is 79.6 Å². The van der Waals surface area contributed by atoms with Gasteiger partial charge in [-0.25, -0.2) is 8.42 Å². The van der Waals surface area contributed by atoms with Crippen LogP contribution >= 0.6 is 24.0 Å². The first-order valence-electron chi connectivity index (χ1n) is 8.88. The van der Waals surface area contributed by atoms with Crippen LogP contribution in [0.25, 0.3) is 0 Å². The van der Waals surface area contributed by atoms with Gasteiger partial charge in [0.15, 0.2) is 15.8 Å². The second-order valence-electron chi connectivity index (χ2n) is 7.10. The van der Waals surface area contributed by atoms with E-state index in [2.05, 4.69) is 29.3 Å². The number of aryl methyl sites for hydroxylation is 2. The van der Waals surface area contributed by atoms with Crippen molar-refractivity contribution < 1.29 is 8.42 Å². The molecule has 0 unspecified atom stereocenters. The predicted octanol–water partition coefficient (Wildman–Crippen LogP) is 1.75.